The van der Waals surface area contributed by atoms with Gasteiger partial charge in [-0.15, -0.1) is 0 Å². The van der Waals surface area contributed by atoms with E-state index < -0.39 is 17.5 Å². The highest BCUT2D eigenvalue weighted by molar-refractivity contribution is 6.10. The molecule has 0 spiro atoms. The van der Waals surface area contributed by atoms with Crippen molar-refractivity contribution in [3.63, 3.8) is 0 Å². The number of hydrogen-bond acceptors (Lipinski definition) is 4. The van der Waals surface area contributed by atoms with E-state index in [1.165, 1.54) is 0 Å². The Balaban J connectivity index is 1.41. The van der Waals surface area contributed by atoms with Crippen molar-refractivity contribution in [2.45, 2.75) is 45.7 Å². The summed E-state index contributed by atoms with van der Waals surface area (Å²) in [6.45, 7) is 6.90. The molecule has 2 heterocycles. The number of fused-ring (bicyclic) bond motifs is 1. The van der Waals surface area contributed by atoms with Gasteiger partial charge in [0.1, 0.15) is 18.6 Å². The first kappa shape index (κ1) is 21.9. The van der Waals surface area contributed by atoms with Crippen LogP contribution in [0, 0.1) is 5.92 Å². The van der Waals surface area contributed by atoms with Gasteiger partial charge in [0.2, 0.25) is 11.8 Å². The van der Waals surface area contributed by atoms with Gasteiger partial charge in [0, 0.05) is 35.9 Å². The van der Waals surface area contributed by atoms with Crippen molar-refractivity contribution in [1.82, 2.24) is 19.7 Å². The highest BCUT2D eigenvalue weighted by Crippen LogP contribution is 2.42. The number of nitrogens with zero attached hydrogens (tertiary/aromatic N) is 3. The van der Waals surface area contributed by atoms with Crippen LogP contribution in [-0.4, -0.2) is 63.3 Å². The zero-order valence-electron chi connectivity index (χ0n) is 18.7. The number of hydrogen-bond donors (Lipinski definition) is 2. The summed E-state index contributed by atoms with van der Waals surface area (Å²) in [4.78, 5) is 52.7. The average molecular weight is 440 g/mol. The number of likely N-dealkylation sites (N-methyl/N-ethyl adjacent to an activating group) is 1. The van der Waals surface area contributed by atoms with Gasteiger partial charge in [-0.1, -0.05) is 0 Å². The van der Waals surface area contributed by atoms with Crippen LogP contribution in [0.4, 0.5) is 10.5 Å². The Bertz CT molecular complexity index is 1090. The van der Waals surface area contributed by atoms with E-state index in [0.29, 0.717) is 18.8 Å². The molecule has 1 atom stereocenters. The molecule has 1 aliphatic heterocycles. The zero-order chi connectivity index (χ0) is 23.0. The van der Waals surface area contributed by atoms with E-state index in [0.717, 1.165) is 28.6 Å². The molecular weight excluding hydrogens is 410 g/mol. The maximum Gasteiger partial charge on any atom is 0.325 e. The van der Waals surface area contributed by atoms with E-state index in [1.54, 1.807) is 17.9 Å². The van der Waals surface area contributed by atoms with Gasteiger partial charge < -0.3 is 20.1 Å². The second kappa shape index (κ2) is 8.29. The van der Waals surface area contributed by atoms with Crippen molar-refractivity contribution >= 4 is 40.3 Å². The van der Waals surface area contributed by atoms with Crippen LogP contribution >= 0.6 is 0 Å². The molecule has 1 aromatic carbocycles. The molecule has 2 aromatic rings. The third-order valence-electron chi connectivity index (χ3n) is 6.47. The van der Waals surface area contributed by atoms with E-state index in [1.807, 2.05) is 42.8 Å². The van der Waals surface area contributed by atoms with Crippen LogP contribution in [-0.2, 0) is 20.9 Å². The van der Waals surface area contributed by atoms with E-state index in [-0.39, 0.29) is 30.8 Å². The molecule has 2 aliphatic rings. The first-order valence-corrected chi connectivity index (χ1v) is 11.1. The van der Waals surface area contributed by atoms with Gasteiger partial charge in [-0.3, -0.25) is 19.3 Å². The van der Waals surface area contributed by atoms with Gasteiger partial charge >= 0.3 is 6.03 Å². The molecular formula is C23H29N5O4. The zero-order valence-corrected chi connectivity index (χ0v) is 18.7. The number of amides is 5. The van der Waals surface area contributed by atoms with Crippen molar-refractivity contribution < 1.29 is 19.2 Å². The fraction of sp³-hybridized carbons (Fsp3) is 0.478. The highest BCUT2D eigenvalue weighted by Gasteiger charge is 2.56. The smallest absolute Gasteiger partial charge is 0.325 e. The summed E-state index contributed by atoms with van der Waals surface area (Å²) in [5.41, 5.74) is 0.548. The maximum atomic E-state index is 12.7. The largest absolute Gasteiger partial charge is 0.342 e. The molecule has 1 saturated carbocycles. The predicted octanol–water partition coefficient (Wildman–Crippen LogP) is 2.17. The SMILES string of the molecule is CCN(CC)C(=O)Cn1ccc2cc(NC(=O)CN3C(=O)NC(C)(C4CC4)C3=O)ccc21. The van der Waals surface area contributed by atoms with Crippen LogP contribution in [0.25, 0.3) is 10.9 Å². The van der Waals surface area contributed by atoms with Crippen LogP contribution in [0.15, 0.2) is 30.5 Å². The fourth-order valence-corrected chi connectivity index (χ4v) is 4.38. The number of rotatable bonds is 8. The van der Waals surface area contributed by atoms with Crippen LogP contribution in [0.3, 0.4) is 0 Å². The van der Waals surface area contributed by atoms with Crippen molar-refractivity contribution in [3.8, 4) is 0 Å². The lowest BCUT2D eigenvalue weighted by Crippen LogP contribution is -2.46. The van der Waals surface area contributed by atoms with E-state index in [2.05, 4.69) is 10.6 Å². The normalized spacial score (nSPS) is 20.5. The standard InChI is InChI=1S/C23H29N5O4/c1-4-26(5-2)20(30)14-27-11-10-15-12-17(8-9-18(15)27)24-19(29)13-28-21(31)23(3,16-6-7-16)25-22(28)32/h8-12,16H,4-7,13-14H2,1-3H3,(H,24,29)(H,25,32). The summed E-state index contributed by atoms with van der Waals surface area (Å²) in [5, 5.41) is 6.39. The van der Waals surface area contributed by atoms with E-state index in [4.69, 9.17) is 0 Å². The number of carbonyl (C=O) groups excluding carboxylic acids is 4. The molecule has 4 rings (SSSR count). The molecule has 2 fully saturated rings. The van der Waals surface area contributed by atoms with Crippen LogP contribution in [0.5, 0.6) is 0 Å². The predicted molar refractivity (Wildman–Crippen MR) is 120 cm³/mol. The first-order valence-electron chi connectivity index (χ1n) is 11.1. The lowest BCUT2D eigenvalue weighted by Gasteiger charge is -2.20. The van der Waals surface area contributed by atoms with Crippen molar-refractivity contribution in [3.05, 3.63) is 30.5 Å². The van der Waals surface area contributed by atoms with Gasteiger partial charge in [0.25, 0.3) is 5.91 Å². The molecule has 1 aromatic heterocycles. The van der Waals surface area contributed by atoms with Gasteiger partial charge in [-0.25, -0.2) is 4.79 Å². The van der Waals surface area contributed by atoms with Crippen LogP contribution in [0.1, 0.15) is 33.6 Å². The van der Waals surface area contributed by atoms with E-state index in [9.17, 15) is 19.2 Å². The minimum Gasteiger partial charge on any atom is -0.342 e. The number of urea groups is 1. The Hall–Kier alpha value is -3.36. The number of imide groups is 1. The molecule has 9 heteroatoms. The van der Waals surface area contributed by atoms with Crippen molar-refractivity contribution in [2.75, 3.05) is 25.0 Å². The minimum atomic E-state index is -0.901. The molecule has 9 nitrogen and oxygen atoms in total. The number of aromatic nitrogens is 1. The number of benzene rings is 1. The number of carbonyl (C=O) groups is 4. The monoisotopic (exact) mass is 439 g/mol. The van der Waals surface area contributed by atoms with Crippen LogP contribution < -0.4 is 10.6 Å². The fourth-order valence-electron chi connectivity index (χ4n) is 4.38. The molecule has 5 amide bonds. The van der Waals surface area contributed by atoms with Gasteiger partial charge in [0.15, 0.2) is 0 Å². The quantitative estimate of drug-likeness (QED) is 0.615. The molecule has 1 unspecified atom stereocenters. The summed E-state index contributed by atoms with van der Waals surface area (Å²) < 4.78 is 1.88. The Morgan fingerprint density at radius 2 is 1.88 bits per heavy atom. The summed E-state index contributed by atoms with van der Waals surface area (Å²) in [6, 6.07) is 6.77. The molecule has 1 aliphatic carbocycles. The topological polar surface area (TPSA) is 104 Å². The Morgan fingerprint density at radius 3 is 2.53 bits per heavy atom. The number of nitrogens with one attached hydrogen (secondary N) is 2. The average Bonchev–Trinajstić information content (AvgIpc) is 3.51. The molecule has 0 bridgehead atoms. The van der Waals surface area contributed by atoms with Crippen molar-refractivity contribution in [1.29, 1.82) is 0 Å². The third kappa shape index (κ3) is 3.94. The molecule has 170 valence electrons. The lowest BCUT2D eigenvalue weighted by molar-refractivity contribution is -0.134. The van der Waals surface area contributed by atoms with Gasteiger partial charge in [0.05, 0.1) is 0 Å². The Morgan fingerprint density at radius 1 is 1.16 bits per heavy atom. The summed E-state index contributed by atoms with van der Waals surface area (Å²) in [7, 11) is 0. The van der Waals surface area contributed by atoms with Gasteiger partial charge in [-0.2, -0.15) is 0 Å². The highest BCUT2D eigenvalue weighted by atomic mass is 16.2. The maximum absolute atomic E-state index is 12.7. The van der Waals surface area contributed by atoms with Crippen molar-refractivity contribution in [2.24, 2.45) is 5.92 Å². The number of anilines is 1. The minimum absolute atomic E-state index is 0.0524. The molecule has 32 heavy (non-hydrogen) atoms. The second-order valence-corrected chi connectivity index (χ2v) is 8.63. The molecule has 0 radical (unpaired) electrons. The third-order valence-corrected chi connectivity index (χ3v) is 6.47. The van der Waals surface area contributed by atoms with E-state index >= 15 is 0 Å². The Labute approximate surface area is 186 Å². The molecule has 2 N–H and O–H groups in total. The summed E-state index contributed by atoms with van der Waals surface area (Å²) in [5.74, 6) is -0.585. The Kier molecular flexibility index (Phi) is 5.66. The lowest BCUT2D eigenvalue weighted by atomic mass is 9.96. The second-order valence-electron chi connectivity index (χ2n) is 8.63. The van der Waals surface area contributed by atoms with Gasteiger partial charge in [-0.05, 0) is 63.8 Å². The molecule has 1 saturated heterocycles. The van der Waals surface area contributed by atoms with Crippen LogP contribution in [0.2, 0.25) is 0 Å². The summed E-state index contributed by atoms with van der Waals surface area (Å²) >= 11 is 0. The first-order chi connectivity index (χ1) is 15.3. The summed E-state index contributed by atoms with van der Waals surface area (Å²) in [6.07, 6.45) is 3.66.